The summed E-state index contributed by atoms with van der Waals surface area (Å²) in [6, 6.07) is 6.13. The molecule has 0 unspecified atom stereocenters. The molecule has 1 fully saturated rings. The van der Waals surface area contributed by atoms with Crippen LogP contribution in [0.25, 0.3) is 0 Å². The Hall–Kier alpha value is -2.09. The Labute approximate surface area is 98.8 Å². The van der Waals surface area contributed by atoms with Crippen LogP contribution in [0, 0.1) is 27.4 Å². The Morgan fingerprint density at radius 3 is 2.88 bits per heavy atom. The highest BCUT2D eigenvalue weighted by molar-refractivity contribution is 5.51. The number of hydrogen-bond donors (Lipinski definition) is 0. The summed E-state index contributed by atoms with van der Waals surface area (Å²) in [5.74, 6) is 0.974. The van der Waals surface area contributed by atoms with Crippen LogP contribution in [0.5, 0.6) is 5.75 Å². The molecule has 0 saturated heterocycles. The second-order valence-electron chi connectivity index (χ2n) is 4.13. The molecule has 5 heteroatoms. The van der Waals surface area contributed by atoms with E-state index >= 15 is 0 Å². The van der Waals surface area contributed by atoms with Crippen LogP contribution >= 0.6 is 0 Å². The minimum Gasteiger partial charge on any atom is -0.487 e. The van der Waals surface area contributed by atoms with Crippen LogP contribution in [0.15, 0.2) is 18.2 Å². The maximum Gasteiger partial charge on any atom is 0.312 e. The highest BCUT2D eigenvalue weighted by Gasteiger charge is 2.22. The summed E-state index contributed by atoms with van der Waals surface area (Å²) in [7, 11) is 0. The van der Waals surface area contributed by atoms with E-state index in [1.165, 1.54) is 31.0 Å². The van der Waals surface area contributed by atoms with Gasteiger partial charge < -0.3 is 4.74 Å². The first-order valence-corrected chi connectivity index (χ1v) is 5.52. The molecule has 2 rings (SSSR count). The monoisotopic (exact) mass is 232 g/mol. The Bertz CT molecular complexity index is 475. The number of ether oxygens (including phenoxy) is 1. The number of benzene rings is 1. The van der Waals surface area contributed by atoms with Crippen molar-refractivity contribution in [2.75, 3.05) is 6.61 Å². The lowest BCUT2D eigenvalue weighted by atomic mass is 10.2. The van der Waals surface area contributed by atoms with Crippen molar-refractivity contribution in [3.63, 3.8) is 0 Å². The summed E-state index contributed by atoms with van der Waals surface area (Å²) in [5.41, 5.74) is 0.131. The molecule has 0 aromatic heterocycles. The summed E-state index contributed by atoms with van der Waals surface area (Å²) in [4.78, 5) is 10.3. The van der Waals surface area contributed by atoms with Gasteiger partial charge in [0.05, 0.1) is 23.2 Å². The number of nitriles is 1. The van der Waals surface area contributed by atoms with E-state index < -0.39 is 4.92 Å². The summed E-state index contributed by atoms with van der Waals surface area (Å²) >= 11 is 0. The van der Waals surface area contributed by atoms with Gasteiger partial charge in [0.1, 0.15) is 0 Å². The first-order valence-electron chi connectivity index (χ1n) is 5.52. The van der Waals surface area contributed by atoms with Crippen molar-refractivity contribution in [1.82, 2.24) is 0 Å². The van der Waals surface area contributed by atoms with Crippen LogP contribution < -0.4 is 4.74 Å². The summed E-state index contributed by atoms with van der Waals surface area (Å²) in [6.45, 7) is 0.497. The molecule has 0 N–H and O–H groups in total. The highest BCUT2D eigenvalue weighted by atomic mass is 16.6. The molecular formula is C12H12N2O3. The van der Waals surface area contributed by atoms with Gasteiger partial charge in [0, 0.05) is 6.07 Å². The minimum atomic E-state index is -0.521. The van der Waals surface area contributed by atoms with Crippen molar-refractivity contribution in [3.8, 4) is 11.8 Å². The molecule has 0 amide bonds. The largest absolute Gasteiger partial charge is 0.487 e. The molecule has 0 spiro atoms. The molecule has 0 radical (unpaired) electrons. The Morgan fingerprint density at radius 1 is 1.53 bits per heavy atom. The lowest BCUT2D eigenvalue weighted by Crippen LogP contribution is -2.01. The van der Waals surface area contributed by atoms with E-state index in [4.69, 9.17) is 10.00 Å². The van der Waals surface area contributed by atoms with E-state index in [0.29, 0.717) is 6.61 Å². The van der Waals surface area contributed by atoms with Gasteiger partial charge in [-0.25, -0.2) is 0 Å². The minimum absolute atomic E-state index is 0.139. The zero-order valence-corrected chi connectivity index (χ0v) is 9.26. The van der Waals surface area contributed by atoms with E-state index in [0.717, 1.165) is 12.3 Å². The van der Waals surface area contributed by atoms with Crippen LogP contribution in [0.3, 0.4) is 0 Å². The first-order chi connectivity index (χ1) is 8.20. The van der Waals surface area contributed by atoms with Crippen LogP contribution in [-0.4, -0.2) is 11.5 Å². The highest BCUT2D eigenvalue weighted by Crippen LogP contribution is 2.33. The number of nitrogens with zero attached hydrogens (tertiary/aromatic N) is 2. The zero-order valence-electron chi connectivity index (χ0n) is 9.26. The number of nitro benzene ring substituents is 1. The lowest BCUT2D eigenvalue weighted by Gasteiger charge is -2.06. The normalized spacial score (nSPS) is 14.1. The van der Waals surface area contributed by atoms with Crippen molar-refractivity contribution in [2.45, 2.75) is 19.3 Å². The second-order valence-corrected chi connectivity index (χ2v) is 4.13. The maximum atomic E-state index is 10.8. The molecule has 0 atom stereocenters. The van der Waals surface area contributed by atoms with Gasteiger partial charge in [-0.1, -0.05) is 12.8 Å². The standard InChI is InChI=1S/C12H12N2O3/c13-8-10-3-4-12(11(7-10)14(15)16)17-6-5-9-1-2-9/h3-4,7,9H,1-2,5-6H2. The predicted molar refractivity (Wildman–Crippen MR) is 60.6 cm³/mol. The van der Waals surface area contributed by atoms with Crippen LogP contribution in [0.4, 0.5) is 5.69 Å². The smallest absolute Gasteiger partial charge is 0.312 e. The molecule has 1 saturated carbocycles. The molecule has 1 aromatic rings. The van der Waals surface area contributed by atoms with E-state index in [-0.39, 0.29) is 17.0 Å². The topological polar surface area (TPSA) is 76.2 Å². The molecular weight excluding hydrogens is 220 g/mol. The quantitative estimate of drug-likeness (QED) is 0.577. The van der Waals surface area contributed by atoms with Gasteiger partial charge in [0.2, 0.25) is 0 Å². The van der Waals surface area contributed by atoms with Gasteiger partial charge in [-0.2, -0.15) is 5.26 Å². The van der Waals surface area contributed by atoms with Gasteiger partial charge >= 0.3 is 5.69 Å². The number of nitro groups is 1. The molecule has 0 bridgehead atoms. The third kappa shape index (κ3) is 2.94. The van der Waals surface area contributed by atoms with Gasteiger partial charge in [-0.05, 0) is 24.5 Å². The second kappa shape index (κ2) is 4.83. The fourth-order valence-electron chi connectivity index (χ4n) is 1.59. The zero-order chi connectivity index (χ0) is 12.3. The van der Waals surface area contributed by atoms with Crippen LogP contribution in [-0.2, 0) is 0 Å². The lowest BCUT2D eigenvalue weighted by molar-refractivity contribution is -0.385. The van der Waals surface area contributed by atoms with E-state index in [9.17, 15) is 10.1 Å². The molecule has 0 heterocycles. The number of hydrogen-bond acceptors (Lipinski definition) is 4. The molecule has 1 aromatic carbocycles. The predicted octanol–water partition coefficient (Wildman–Crippen LogP) is 2.65. The molecule has 1 aliphatic carbocycles. The molecule has 88 valence electrons. The summed E-state index contributed by atoms with van der Waals surface area (Å²) in [5, 5.41) is 19.5. The van der Waals surface area contributed by atoms with Crippen molar-refractivity contribution in [2.24, 2.45) is 5.92 Å². The van der Waals surface area contributed by atoms with Crippen LogP contribution in [0.2, 0.25) is 0 Å². The maximum absolute atomic E-state index is 10.8. The van der Waals surface area contributed by atoms with Gasteiger partial charge in [-0.3, -0.25) is 10.1 Å². The summed E-state index contributed by atoms with van der Waals surface area (Å²) < 4.78 is 5.40. The Balaban J connectivity index is 2.08. The molecule has 17 heavy (non-hydrogen) atoms. The average Bonchev–Trinajstić information content (AvgIpc) is 3.13. The van der Waals surface area contributed by atoms with Crippen LogP contribution in [0.1, 0.15) is 24.8 Å². The van der Waals surface area contributed by atoms with Crippen molar-refractivity contribution >= 4 is 5.69 Å². The Morgan fingerprint density at radius 2 is 2.29 bits per heavy atom. The van der Waals surface area contributed by atoms with Crippen molar-refractivity contribution in [1.29, 1.82) is 5.26 Å². The van der Waals surface area contributed by atoms with Gasteiger partial charge in [0.25, 0.3) is 0 Å². The van der Waals surface area contributed by atoms with E-state index in [1.54, 1.807) is 0 Å². The summed E-state index contributed by atoms with van der Waals surface area (Å²) in [6.07, 6.45) is 3.41. The fraction of sp³-hybridized carbons (Fsp3) is 0.417. The first kappa shape index (κ1) is 11.4. The third-order valence-electron chi connectivity index (χ3n) is 2.77. The van der Waals surface area contributed by atoms with Gasteiger partial charge in [-0.15, -0.1) is 0 Å². The molecule has 1 aliphatic rings. The fourth-order valence-corrected chi connectivity index (χ4v) is 1.59. The van der Waals surface area contributed by atoms with Gasteiger partial charge in [0.15, 0.2) is 5.75 Å². The van der Waals surface area contributed by atoms with Crippen molar-refractivity contribution in [3.05, 3.63) is 33.9 Å². The van der Waals surface area contributed by atoms with Crippen molar-refractivity contribution < 1.29 is 9.66 Å². The number of rotatable bonds is 5. The average molecular weight is 232 g/mol. The molecule has 0 aliphatic heterocycles. The SMILES string of the molecule is N#Cc1ccc(OCCC2CC2)c([N+](=O)[O-])c1. The van der Waals surface area contributed by atoms with E-state index in [2.05, 4.69) is 0 Å². The third-order valence-corrected chi connectivity index (χ3v) is 2.77. The van der Waals surface area contributed by atoms with E-state index in [1.807, 2.05) is 6.07 Å². The Kier molecular flexibility index (Phi) is 3.24. The molecule has 5 nitrogen and oxygen atoms in total.